The van der Waals surface area contributed by atoms with Crippen LogP contribution in [-0.4, -0.2) is 55.8 Å². The topological polar surface area (TPSA) is 108 Å². The van der Waals surface area contributed by atoms with Crippen molar-refractivity contribution in [1.82, 2.24) is 29.5 Å². The Balaban J connectivity index is 1.25. The maximum absolute atomic E-state index is 6.01. The van der Waals surface area contributed by atoms with Crippen molar-refractivity contribution < 1.29 is 9.15 Å². The third-order valence-corrected chi connectivity index (χ3v) is 6.36. The van der Waals surface area contributed by atoms with Crippen molar-refractivity contribution in [2.24, 2.45) is 11.8 Å². The number of anilines is 1. The number of hydrogen-bond acceptors (Lipinski definition) is 8. The highest BCUT2D eigenvalue weighted by Gasteiger charge is 2.36. The van der Waals surface area contributed by atoms with E-state index in [1.807, 2.05) is 25.1 Å². The molecular weight excluding hydrogens is 406 g/mol. The molecule has 2 saturated heterocycles. The minimum absolute atomic E-state index is 0.188. The molecule has 2 unspecified atom stereocenters. The number of nitrogens with zero attached hydrogens (tertiary/aromatic N) is 6. The van der Waals surface area contributed by atoms with Gasteiger partial charge in [-0.25, -0.2) is 0 Å². The molecule has 0 radical (unpaired) electrons. The second kappa shape index (κ2) is 7.68. The number of hydrogen-bond donors (Lipinski definition) is 1. The lowest BCUT2D eigenvalue weighted by molar-refractivity contribution is 0.152. The van der Waals surface area contributed by atoms with Gasteiger partial charge in [-0.15, -0.1) is 0 Å². The van der Waals surface area contributed by atoms with Gasteiger partial charge in [-0.2, -0.15) is 19.6 Å². The van der Waals surface area contributed by atoms with E-state index in [-0.39, 0.29) is 5.95 Å². The van der Waals surface area contributed by atoms with Gasteiger partial charge in [0.2, 0.25) is 11.8 Å². The van der Waals surface area contributed by atoms with Crippen LogP contribution >= 0.6 is 0 Å². The highest BCUT2D eigenvalue weighted by atomic mass is 16.5. The standard InChI is InChI=1S/C23H25N7O2/c1-14-5-6-20(32-14)22-28-23(24)27-21-15(8-25-30(21)22)7-18-3-2-4-19(26-18)11-29-9-16-12-31-13-17(16)10-29/h2-6,8,16-17H,7,9-13H2,1H3,(H2,24,27). The molecule has 9 nitrogen and oxygen atoms in total. The first kappa shape index (κ1) is 19.4. The van der Waals surface area contributed by atoms with E-state index in [1.165, 1.54) is 0 Å². The van der Waals surface area contributed by atoms with Crippen LogP contribution in [0.5, 0.6) is 0 Å². The van der Waals surface area contributed by atoms with Crippen LogP contribution in [0.3, 0.4) is 0 Å². The molecule has 0 saturated carbocycles. The van der Waals surface area contributed by atoms with Crippen molar-refractivity contribution in [3.05, 3.63) is 59.2 Å². The summed E-state index contributed by atoms with van der Waals surface area (Å²) in [6, 6.07) is 9.97. The Bertz CT molecular complexity index is 1270. The predicted octanol–water partition coefficient (Wildman–Crippen LogP) is 2.34. The fraction of sp³-hybridized carbons (Fsp3) is 0.391. The first-order valence-corrected chi connectivity index (χ1v) is 10.9. The summed E-state index contributed by atoms with van der Waals surface area (Å²) in [5.41, 5.74) is 9.69. The van der Waals surface area contributed by atoms with Gasteiger partial charge in [-0.1, -0.05) is 6.07 Å². The first-order valence-electron chi connectivity index (χ1n) is 10.9. The van der Waals surface area contributed by atoms with Crippen molar-refractivity contribution in [2.75, 3.05) is 32.0 Å². The summed E-state index contributed by atoms with van der Waals surface area (Å²) in [6.07, 6.45) is 2.42. The number of likely N-dealkylation sites (tertiary alicyclic amines) is 1. The average Bonchev–Trinajstić information content (AvgIpc) is 3.53. The predicted molar refractivity (Wildman–Crippen MR) is 118 cm³/mol. The summed E-state index contributed by atoms with van der Waals surface area (Å²) in [7, 11) is 0. The number of aryl methyl sites for hydroxylation is 1. The average molecular weight is 432 g/mol. The SMILES string of the molecule is Cc1ccc(-c2nc(N)nc3c(Cc4cccc(CN5CC6COCC6C5)n4)cnn23)o1. The van der Waals surface area contributed by atoms with Crippen LogP contribution in [0.4, 0.5) is 5.95 Å². The lowest BCUT2D eigenvalue weighted by atomic mass is 10.0. The smallest absolute Gasteiger partial charge is 0.224 e. The van der Waals surface area contributed by atoms with E-state index in [2.05, 4.69) is 32.1 Å². The van der Waals surface area contributed by atoms with Gasteiger partial charge in [0.05, 0.1) is 25.1 Å². The lowest BCUT2D eigenvalue weighted by Gasteiger charge is -2.16. The molecule has 0 bridgehead atoms. The summed E-state index contributed by atoms with van der Waals surface area (Å²) < 4.78 is 13.0. The van der Waals surface area contributed by atoms with Gasteiger partial charge in [-0.3, -0.25) is 9.88 Å². The molecule has 32 heavy (non-hydrogen) atoms. The highest BCUT2D eigenvalue weighted by Crippen LogP contribution is 2.30. The van der Waals surface area contributed by atoms with Crippen LogP contribution in [0.25, 0.3) is 17.2 Å². The van der Waals surface area contributed by atoms with Crippen molar-refractivity contribution in [3.8, 4) is 11.6 Å². The molecule has 2 aliphatic rings. The van der Waals surface area contributed by atoms with Crippen molar-refractivity contribution >= 4 is 11.6 Å². The van der Waals surface area contributed by atoms with E-state index in [9.17, 15) is 0 Å². The van der Waals surface area contributed by atoms with Gasteiger partial charge in [0.15, 0.2) is 11.4 Å². The zero-order valence-electron chi connectivity index (χ0n) is 17.9. The Morgan fingerprint density at radius 3 is 2.62 bits per heavy atom. The number of aromatic nitrogens is 5. The van der Waals surface area contributed by atoms with Crippen molar-refractivity contribution in [2.45, 2.75) is 19.9 Å². The van der Waals surface area contributed by atoms with Gasteiger partial charge in [0.1, 0.15) is 5.76 Å². The zero-order chi connectivity index (χ0) is 21.7. The molecule has 2 fully saturated rings. The number of nitrogens with two attached hydrogens (primary N) is 1. The van der Waals surface area contributed by atoms with Crippen molar-refractivity contribution in [3.63, 3.8) is 0 Å². The summed E-state index contributed by atoms with van der Waals surface area (Å²) in [5, 5.41) is 4.51. The Morgan fingerprint density at radius 2 is 1.84 bits per heavy atom. The number of furan rings is 1. The summed E-state index contributed by atoms with van der Waals surface area (Å²) >= 11 is 0. The van der Waals surface area contributed by atoms with Crippen LogP contribution < -0.4 is 5.73 Å². The van der Waals surface area contributed by atoms with Gasteiger partial charge in [-0.05, 0) is 31.2 Å². The molecule has 6 rings (SSSR count). The van der Waals surface area contributed by atoms with Gasteiger partial charge >= 0.3 is 0 Å². The monoisotopic (exact) mass is 431 g/mol. The van der Waals surface area contributed by atoms with E-state index in [1.54, 1.807) is 10.7 Å². The number of rotatable bonds is 5. The van der Waals surface area contributed by atoms with Crippen LogP contribution in [0.2, 0.25) is 0 Å². The summed E-state index contributed by atoms with van der Waals surface area (Å²) in [4.78, 5) is 16.2. The van der Waals surface area contributed by atoms with Gasteiger partial charge in [0, 0.05) is 49.1 Å². The third kappa shape index (κ3) is 3.53. The fourth-order valence-electron chi connectivity index (χ4n) is 4.83. The molecule has 164 valence electrons. The summed E-state index contributed by atoms with van der Waals surface area (Å²) in [6.45, 7) is 6.74. The quantitative estimate of drug-likeness (QED) is 0.513. The Kier molecular flexibility index (Phi) is 4.65. The molecule has 6 heterocycles. The fourth-order valence-corrected chi connectivity index (χ4v) is 4.83. The molecule has 4 aromatic rings. The Hall–Kier alpha value is -3.30. The third-order valence-electron chi connectivity index (χ3n) is 6.36. The van der Waals surface area contributed by atoms with Crippen molar-refractivity contribution in [1.29, 1.82) is 0 Å². The second-order valence-electron chi connectivity index (χ2n) is 8.77. The number of pyridine rings is 1. The molecule has 9 heteroatoms. The number of ether oxygens (including phenoxy) is 1. The molecule has 2 atom stereocenters. The number of fused-ring (bicyclic) bond motifs is 2. The maximum Gasteiger partial charge on any atom is 0.224 e. The normalized spacial score (nSPS) is 20.9. The molecular formula is C23H25N7O2. The maximum atomic E-state index is 6.01. The van der Waals surface area contributed by atoms with Crippen LogP contribution in [0, 0.1) is 18.8 Å². The molecule has 0 aliphatic carbocycles. The molecule has 0 aromatic carbocycles. The number of nitrogen functional groups attached to an aromatic ring is 1. The summed E-state index contributed by atoms with van der Waals surface area (Å²) in [5.74, 6) is 3.49. The largest absolute Gasteiger partial charge is 0.458 e. The van der Waals surface area contributed by atoms with E-state index in [4.69, 9.17) is 19.9 Å². The van der Waals surface area contributed by atoms with E-state index < -0.39 is 0 Å². The molecule has 0 amide bonds. The van der Waals surface area contributed by atoms with E-state index in [0.29, 0.717) is 35.5 Å². The highest BCUT2D eigenvalue weighted by molar-refractivity contribution is 5.59. The Labute approximate surface area is 185 Å². The first-order chi connectivity index (χ1) is 15.6. The molecule has 2 N–H and O–H groups in total. The minimum atomic E-state index is 0.188. The van der Waals surface area contributed by atoms with Crippen LogP contribution in [0.15, 0.2) is 40.9 Å². The molecule has 2 aliphatic heterocycles. The second-order valence-corrected chi connectivity index (χ2v) is 8.77. The van der Waals surface area contributed by atoms with Gasteiger partial charge in [0.25, 0.3) is 0 Å². The lowest BCUT2D eigenvalue weighted by Crippen LogP contribution is -2.23. The van der Waals surface area contributed by atoms with E-state index in [0.717, 1.165) is 55.6 Å². The molecule has 4 aromatic heterocycles. The Morgan fingerprint density at radius 1 is 1.03 bits per heavy atom. The van der Waals surface area contributed by atoms with Crippen LogP contribution in [0.1, 0.15) is 22.7 Å². The zero-order valence-corrected chi connectivity index (χ0v) is 17.9. The minimum Gasteiger partial charge on any atom is -0.458 e. The van der Waals surface area contributed by atoms with Crippen LogP contribution in [-0.2, 0) is 17.7 Å². The molecule has 0 spiro atoms. The van der Waals surface area contributed by atoms with E-state index >= 15 is 0 Å². The van der Waals surface area contributed by atoms with Gasteiger partial charge < -0.3 is 14.9 Å².